The third-order valence-electron chi connectivity index (χ3n) is 2.63. The molecular formula is C13H12O. The van der Waals surface area contributed by atoms with E-state index in [1.54, 1.807) is 0 Å². The van der Waals surface area contributed by atoms with E-state index >= 15 is 0 Å². The van der Waals surface area contributed by atoms with Crippen LogP contribution in [0.1, 0.15) is 21.5 Å². The van der Waals surface area contributed by atoms with E-state index in [9.17, 15) is 4.79 Å². The van der Waals surface area contributed by atoms with Crippen LogP contribution < -0.4 is 0 Å². The Morgan fingerprint density at radius 2 is 1.71 bits per heavy atom. The first-order chi connectivity index (χ1) is 6.74. The van der Waals surface area contributed by atoms with Crippen molar-refractivity contribution >= 4 is 6.29 Å². The molecule has 2 rings (SSSR count). The summed E-state index contributed by atoms with van der Waals surface area (Å²) in [6, 6.07) is 10.0. The molecule has 0 spiro atoms. The molecule has 14 heavy (non-hydrogen) atoms. The molecule has 0 atom stereocenters. The highest BCUT2D eigenvalue weighted by Crippen LogP contribution is 2.31. The minimum Gasteiger partial charge on any atom is -0.298 e. The fourth-order valence-corrected chi connectivity index (χ4v) is 1.87. The van der Waals surface area contributed by atoms with Gasteiger partial charge in [-0.25, -0.2) is 0 Å². The van der Waals surface area contributed by atoms with Crippen molar-refractivity contribution in [1.82, 2.24) is 0 Å². The SMILES string of the molecule is Cc1cccc(C)c2c(C=O)ccc1-2. The Labute approximate surface area is 83.7 Å². The lowest BCUT2D eigenvalue weighted by Crippen LogP contribution is -1.83. The van der Waals surface area contributed by atoms with E-state index in [0.717, 1.165) is 23.0 Å². The molecule has 0 amide bonds. The second-order valence-electron chi connectivity index (χ2n) is 3.59. The maximum atomic E-state index is 10.8. The summed E-state index contributed by atoms with van der Waals surface area (Å²) in [5.74, 6) is 0. The zero-order chi connectivity index (χ0) is 10.1. The predicted octanol–water partition coefficient (Wildman–Crippen LogP) is 3.22. The molecule has 0 aliphatic heterocycles. The van der Waals surface area contributed by atoms with E-state index in [4.69, 9.17) is 0 Å². The van der Waals surface area contributed by atoms with Crippen LogP contribution in [-0.4, -0.2) is 6.29 Å². The van der Waals surface area contributed by atoms with Crippen LogP contribution in [0.2, 0.25) is 0 Å². The van der Waals surface area contributed by atoms with Crippen LogP contribution in [0.15, 0.2) is 30.3 Å². The number of hydrogen-bond acceptors (Lipinski definition) is 1. The van der Waals surface area contributed by atoms with Crippen molar-refractivity contribution in [3.63, 3.8) is 0 Å². The molecular weight excluding hydrogens is 172 g/mol. The van der Waals surface area contributed by atoms with Crippen molar-refractivity contribution in [2.24, 2.45) is 0 Å². The fourth-order valence-electron chi connectivity index (χ4n) is 1.87. The maximum Gasteiger partial charge on any atom is 0.150 e. The average Bonchev–Trinajstić information content (AvgIpc) is 2.55. The lowest BCUT2D eigenvalue weighted by Gasteiger charge is -2.01. The van der Waals surface area contributed by atoms with Gasteiger partial charge in [0.2, 0.25) is 0 Å². The standard InChI is InChI=1S/C13H12O/c1-9-4-3-5-10(2)13-11(8-14)6-7-12(9)13/h3-8H,1-2H3. The first-order valence-electron chi connectivity index (χ1n) is 4.68. The van der Waals surface area contributed by atoms with Crippen molar-refractivity contribution in [2.75, 3.05) is 0 Å². The van der Waals surface area contributed by atoms with Gasteiger partial charge in [-0.3, -0.25) is 4.79 Å². The van der Waals surface area contributed by atoms with Gasteiger partial charge in [0.05, 0.1) is 0 Å². The Morgan fingerprint density at radius 1 is 1.00 bits per heavy atom. The quantitative estimate of drug-likeness (QED) is 0.622. The molecule has 0 aromatic heterocycles. The summed E-state index contributed by atoms with van der Waals surface area (Å²) >= 11 is 0. The third-order valence-corrected chi connectivity index (χ3v) is 2.63. The van der Waals surface area contributed by atoms with Crippen LogP contribution in [0.3, 0.4) is 0 Å². The highest BCUT2D eigenvalue weighted by molar-refractivity contribution is 5.92. The molecule has 0 aromatic carbocycles. The molecule has 1 heteroatoms. The Morgan fingerprint density at radius 3 is 2.43 bits per heavy atom. The van der Waals surface area contributed by atoms with Gasteiger partial charge in [0.25, 0.3) is 0 Å². The third kappa shape index (κ3) is 1.22. The van der Waals surface area contributed by atoms with E-state index in [0.29, 0.717) is 0 Å². The first-order valence-corrected chi connectivity index (χ1v) is 4.68. The number of carbonyl (C=O) groups excluding carboxylic acids is 1. The van der Waals surface area contributed by atoms with Gasteiger partial charge < -0.3 is 0 Å². The Kier molecular flexibility index (Phi) is 2.08. The van der Waals surface area contributed by atoms with Crippen LogP contribution in [-0.2, 0) is 0 Å². The van der Waals surface area contributed by atoms with Gasteiger partial charge in [0.15, 0.2) is 6.29 Å². The van der Waals surface area contributed by atoms with Gasteiger partial charge in [-0.2, -0.15) is 0 Å². The molecule has 0 N–H and O–H groups in total. The van der Waals surface area contributed by atoms with Crippen molar-refractivity contribution in [3.8, 4) is 11.1 Å². The topological polar surface area (TPSA) is 17.1 Å². The van der Waals surface area contributed by atoms with Gasteiger partial charge in [-0.15, -0.1) is 0 Å². The fraction of sp³-hybridized carbons (Fsp3) is 0.154. The molecule has 1 nitrogen and oxygen atoms in total. The van der Waals surface area contributed by atoms with Crippen molar-refractivity contribution in [3.05, 3.63) is 47.0 Å². The van der Waals surface area contributed by atoms with Crippen LogP contribution in [0.5, 0.6) is 0 Å². The molecule has 0 unspecified atom stereocenters. The molecule has 2 aliphatic carbocycles. The molecule has 0 radical (unpaired) electrons. The highest BCUT2D eigenvalue weighted by Gasteiger charge is 2.11. The summed E-state index contributed by atoms with van der Waals surface area (Å²) in [6.45, 7) is 4.10. The molecule has 0 saturated heterocycles. The van der Waals surface area contributed by atoms with Crippen LogP contribution in [0.4, 0.5) is 0 Å². The van der Waals surface area contributed by atoms with E-state index in [1.165, 1.54) is 11.1 Å². The average molecular weight is 184 g/mol. The summed E-state index contributed by atoms with van der Waals surface area (Å²) in [7, 11) is 0. The summed E-state index contributed by atoms with van der Waals surface area (Å²) in [5.41, 5.74) is 5.41. The molecule has 0 aromatic rings. The summed E-state index contributed by atoms with van der Waals surface area (Å²) in [5, 5.41) is 0. The van der Waals surface area contributed by atoms with Gasteiger partial charge in [0, 0.05) is 5.56 Å². The second kappa shape index (κ2) is 3.26. The number of fused-ring (bicyclic) bond motifs is 1. The van der Waals surface area contributed by atoms with Gasteiger partial charge >= 0.3 is 0 Å². The summed E-state index contributed by atoms with van der Waals surface area (Å²) in [6.07, 6.45) is 0.925. The van der Waals surface area contributed by atoms with Gasteiger partial charge in [-0.1, -0.05) is 30.3 Å². The lowest BCUT2D eigenvalue weighted by atomic mass is 10.0. The van der Waals surface area contributed by atoms with Crippen molar-refractivity contribution in [2.45, 2.75) is 13.8 Å². The molecule has 0 saturated carbocycles. The van der Waals surface area contributed by atoms with E-state index in [2.05, 4.69) is 13.0 Å². The minimum atomic E-state index is 0.789. The maximum absolute atomic E-state index is 10.8. The zero-order valence-corrected chi connectivity index (χ0v) is 8.37. The molecule has 0 fully saturated rings. The summed E-state index contributed by atoms with van der Waals surface area (Å²) in [4.78, 5) is 10.8. The molecule has 2 aliphatic rings. The van der Waals surface area contributed by atoms with Crippen molar-refractivity contribution < 1.29 is 4.79 Å². The zero-order valence-electron chi connectivity index (χ0n) is 8.37. The predicted molar refractivity (Wildman–Crippen MR) is 57.9 cm³/mol. The van der Waals surface area contributed by atoms with E-state index in [1.807, 2.05) is 31.2 Å². The lowest BCUT2D eigenvalue weighted by molar-refractivity contribution is 0.112. The highest BCUT2D eigenvalue weighted by atomic mass is 16.1. The number of carbonyl (C=O) groups is 1. The first kappa shape index (κ1) is 8.95. The Hall–Kier alpha value is -1.63. The van der Waals surface area contributed by atoms with Crippen LogP contribution in [0.25, 0.3) is 11.1 Å². The number of hydrogen-bond donors (Lipinski definition) is 0. The van der Waals surface area contributed by atoms with Gasteiger partial charge in [-0.05, 0) is 36.1 Å². The van der Waals surface area contributed by atoms with Gasteiger partial charge in [0.1, 0.15) is 0 Å². The number of aldehydes is 1. The smallest absolute Gasteiger partial charge is 0.150 e. The number of rotatable bonds is 1. The Bertz CT molecular complexity index is 457. The minimum absolute atomic E-state index is 0.789. The summed E-state index contributed by atoms with van der Waals surface area (Å²) < 4.78 is 0. The molecule has 0 bridgehead atoms. The Balaban J connectivity index is 2.85. The normalized spacial score (nSPS) is 10.4. The molecule has 70 valence electrons. The van der Waals surface area contributed by atoms with E-state index < -0.39 is 0 Å². The second-order valence-corrected chi connectivity index (χ2v) is 3.59. The number of aryl methyl sites for hydroxylation is 2. The largest absolute Gasteiger partial charge is 0.298 e. The van der Waals surface area contributed by atoms with Crippen molar-refractivity contribution in [1.29, 1.82) is 0 Å². The monoisotopic (exact) mass is 184 g/mol. The van der Waals surface area contributed by atoms with E-state index in [-0.39, 0.29) is 0 Å². The molecule has 0 heterocycles. The van der Waals surface area contributed by atoms with Crippen LogP contribution >= 0.6 is 0 Å². The van der Waals surface area contributed by atoms with Crippen LogP contribution in [0, 0.1) is 13.8 Å².